The summed E-state index contributed by atoms with van der Waals surface area (Å²) in [5.74, 6) is 0.537. The Morgan fingerprint density at radius 1 is 1.45 bits per heavy atom. The van der Waals surface area contributed by atoms with Crippen molar-refractivity contribution in [2.75, 3.05) is 20.8 Å². The van der Waals surface area contributed by atoms with Gasteiger partial charge in [0.05, 0.1) is 30.3 Å². The molecule has 1 aromatic carbocycles. The largest absolute Gasteiger partial charge is 0.495 e. The Bertz CT molecular complexity index is 691. The molecule has 1 aromatic heterocycles. The summed E-state index contributed by atoms with van der Waals surface area (Å²) in [7, 11) is 3.53. The molecular formula is C14H14Cl2N2O2. The molecule has 4 nitrogen and oxygen atoms in total. The lowest BCUT2D eigenvalue weighted by molar-refractivity contribution is 0.161. The van der Waals surface area contributed by atoms with Gasteiger partial charge in [-0.25, -0.2) is 0 Å². The Morgan fingerprint density at radius 3 is 2.85 bits per heavy atom. The highest BCUT2D eigenvalue weighted by Gasteiger charge is 2.29. The number of rotatable bonds is 2. The lowest BCUT2D eigenvalue weighted by Crippen LogP contribution is -2.19. The number of halogens is 2. The number of hydrogen-bond acceptors (Lipinski definition) is 4. The van der Waals surface area contributed by atoms with Crippen LogP contribution in [-0.4, -0.2) is 35.8 Å². The average molecular weight is 313 g/mol. The van der Waals surface area contributed by atoms with Crippen molar-refractivity contribution in [1.82, 2.24) is 9.88 Å². The number of aliphatic hydroxyl groups is 1. The maximum atomic E-state index is 9.51. The van der Waals surface area contributed by atoms with Gasteiger partial charge in [0.1, 0.15) is 10.8 Å². The fourth-order valence-electron chi connectivity index (χ4n) is 2.76. The van der Waals surface area contributed by atoms with Crippen LogP contribution in [0.5, 0.6) is 5.75 Å². The number of pyridine rings is 1. The Labute approximate surface area is 126 Å². The third kappa shape index (κ3) is 1.87. The smallest absolute Gasteiger partial charge is 0.139 e. The van der Waals surface area contributed by atoms with Crippen LogP contribution in [-0.2, 0) is 6.54 Å². The third-order valence-corrected chi connectivity index (χ3v) is 4.69. The van der Waals surface area contributed by atoms with Gasteiger partial charge in [-0.1, -0.05) is 23.2 Å². The average Bonchev–Trinajstić information content (AvgIpc) is 2.78. The number of nitrogens with zero attached hydrogens (tertiary/aromatic N) is 2. The molecular weight excluding hydrogens is 299 g/mol. The lowest BCUT2D eigenvalue weighted by atomic mass is 10.0. The highest BCUT2D eigenvalue weighted by atomic mass is 35.5. The SMILES string of the molecule is COc1cc2c3c(cnc2c(Cl)c1Cl)C(CO)N(C)C3. The fourth-order valence-corrected chi connectivity index (χ4v) is 3.23. The van der Waals surface area contributed by atoms with E-state index in [-0.39, 0.29) is 12.6 Å². The molecule has 1 atom stereocenters. The molecule has 0 aliphatic carbocycles. The van der Waals surface area contributed by atoms with E-state index in [0.717, 1.165) is 23.1 Å². The minimum atomic E-state index is -0.0256. The third-order valence-electron chi connectivity index (χ3n) is 3.85. The molecule has 3 rings (SSSR count). The summed E-state index contributed by atoms with van der Waals surface area (Å²) < 4.78 is 5.27. The van der Waals surface area contributed by atoms with Crippen molar-refractivity contribution in [3.63, 3.8) is 0 Å². The van der Waals surface area contributed by atoms with Crippen molar-refractivity contribution < 1.29 is 9.84 Å². The second-order valence-electron chi connectivity index (χ2n) is 4.91. The number of aromatic nitrogens is 1. The summed E-state index contributed by atoms with van der Waals surface area (Å²) in [5.41, 5.74) is 2.82. The predicted molar refractivity (Wildman–Crippen MR) is 79.6 cm³/mol. The van der Waals surface area contributed by atoms with Crippen LogP contribution in [0.25, 0.3) is 10.9 Å². The first kappa shape index (κ1) is 13.9. The maximum absolute atomic E-state index is 9.51. The first-order valence-electron chi connectivity index (χ1n) is 6.23. The maximum Gasteiger partial charge on any atom is 0.139 e. The van der Waals surface area contributed by atoms with Crippen molar-refractivity contribution in [3.8, 4) is 5.75 Å². The number of likely N-dealkylation sites (N-methyl/N-ethyl adjacent to an activating group) is 1. The van der Waals surface area contributed by atoms with Gasteiger partial charge >= 0.3 is 0 Å². The molecule has 1 aliphatic heterocycles. The molecule has 0 amide bonds. The van der Waals surface area contributed by atoms with Gasteiger partial charge in [-0.3, -0.25) is 9.88 Å². The summed E-state index contributed by atoms with van der Waals surface area (Å²) in [6.45, 7) is 0.801. The van der Waals surface area contributed by atoms with E-state index in [9.17, 15) is 5.11 Å². The van der Waals surface area contributed by atoms with Crippen LogP contribution >= 0.6 is 23.2 Å². The Hall–Kier alpha value is -1.07. The molecule has 0 radical (unpaired) electrons. The van der Waals surface area contributed by atoms with E-state index in [2.05, 4.69) is 9.88 Å². The van der Waals surface area contributed by atoms with Crippen molar-refractivity contribution in [1.29, 1.82) is 0 Å². The summed E-state index contributed by atoms with van der Waals surface area (Å²) in [6, 6.07) is 1.84. The molecule has 1 aliphatic rings. The molecule has 106 valence electrons. The molecule has 0 bridgehead atoms. The standard InChI is InChI=1S/C14H14Cl2N2O2/c1-18-5-9-7-3-11(20-2)12(15)13(16)14(7)17-4-8(9)10(18)6-19/h3-4,10,19H,5-6H2,1-2H3. The van der Waals surface area contributed by atoms with Gasteiger partial charge in [0.2, 0.25) is 0 Å². The number of fused-ring (bicyclic) bond motifs is 3. The highest BCUT2D eigenvalue weighted by Crippen LogP contribution is 2.42. The summed E-state index contributed by atoms with van der Waals surface area (Å²) in [4.78, 5) is 6.50. The zero-order valence-corrected chi connectivity index (χ0v) is 12.7. The first-order valence-corrected chi connectivity index (χ1v) is 6.98. The highest BCUT2D eigenvalue weighted by molar-refractivity contribution is 6.46. The number of methoxy groups -OCH3 is 1. The van der Waals surface area contributed by atoms with E-state index in [1.54, 1.807) is 13.3 Å². The van der Waals surface area contributed by atoms with Gasteiger partial charge in [0.25, 0.3) is 0 Å². The Morgan fingerprint density at radius 2 is 2.20 bits per heavy atom. The molecule has 6 heteroatoms. The van der Waals surface area contributed by atoms with Crippen LogP contribution in [0.2, 0.25) is 10.0 Å². The predicted octanol–water partition coefficient (Wildman–Crippen LogP) is 3.03. The Balaban J connectivity index is 2.32. The Kier molecular flexibility index (Phi) is 3.50. The quantitative estimate of drug-likeness (QED) is 0.926. The van der Waals surface area contributed by atoms with E-state index in [4.69, 9.17) is 27.9 Å². The molecule has 2 aromatic rings. The number of aliphatic hydroxyl groups excluding tert-OH is 1. The topological polar surface area (TPSA) is 45.6 Å². The van der Waals surface area contributed by atoms with Crippen molar-refractivity contribution in [2.45, 2.75) is 12.6 Å². The van der Waals surface area contributed by atoms with Crippen molar-refractivity contribution in [2.24, 2.45) is 0 Å². The van der Waals surface area contributed by atoms with E-state index in [1.807, 2.05) is 13.1 Å². The molecule has 2 heterocycles. The van der Waals surface area contributed by atoms with Crippen LogP contribution in [0.4, 0.5) is 0 Å². The van der Waals surface area contributed by atoms with Crippen LogP contribution in [0, 0.1) is 0 Å². The minimum Gasteiger partial charge on any atom is -0.495 e. The fraction of sp³-hybridized carbons (Fsp3) is 0.357. The normalized spacial score (nSPS) is 18.6. The summed E-state index contributed by atoms with van der Waals surface area (Å²) in [5, 5.41) is 11.2. The van der Waals surface area contributed by atoms with Gasteiger partial charge in [-0.05, 0) is 24.2 Å². The molecule has 1 N–H and O–H groups in total. The van der Waals surface area contributed by atoms with Crippen LogP contribution < -0.4 is 4.74 Å². The molecule has 1 unspecified atom stereocenters. The summed E-state index contributed by atoms with van der Waals surface area (Å²) in [6.07, 6.45) is 1.77. The van der Waals surface area contributed by atoms with Crippen LogP contribution in [0.3, 0.4) is 0 Å². The van der Waals surface area contributed by atoms with Gasteiger partial charge in [-0.2, -0.15) is 0 Å². The van der Waals surface area contributed by atoms with Gasteiger partial charge < -0.3 is 9.84 Å². The van der Waals surface area contributed by atoms with Gasteiger partial charge in [0.15, 0.2) is 0 Å². The van der Waals surface area contributed by atoms with Crippen LogP contribution in [0.1, 0.15) is 17.2 Å². The van der Waals surface area contributed by atoms with Gasteiger partial charge in [0, 0.05) is 18.1 Å². The van der Waals surface area contributed by atoms with E-state index in [0.29, 0.717) is 21.3 Å². The first-order chi connectivity index (χ1) is 9.58. The van der Waals surface area contributed by atoms with Gasteiger partial charge in [-0.15, -0.1) is 0 Å². The van der Waals surface area contributed by atoms with E-state index in [1.165, 1.54) is 0 Å². The number of ether oxygens (including phenoxy) is 1. The second-order valence-corrected chi connectivity index (χ2v) is 5.66. The molecule has 0 saturated heterocycles. The zero-order chi connectivity index (χ0) is 14.4. The minimum absolute atomic E-state index is 0.0256. The monoisotopic (exact) mass is 312 g/mol. The number of hydrogen-bond donors (Lipinski definition) is 1. The van der Waals surface area contributed by atoms with Crippen LogP contribution in [0.15, 0.2) is 12.3 Å². The molecule has 0 spiro atoms. The van der Waals surface area contributed by atoms with Crippen molar-refractivity contribution in [3.05, 3.63) is 33.4 Å². The molecule has 0 saturated carbocycles. The zero-order valence-electron chi connectivity index (χ0n) is 11.2. The molecule has 0 fully saturated rings. The van der Waals surface area contributed by atoms with E-state index < -0.39 is 0 Å². The van der Waals surface area contributed by atoms with Crippen molar-refractivity contribution >= 4 is 34.1 Å². The molecule has 20 heavy (non-hydrogen) atoms. The van der Waals surface area contributed by atoms with E-state index >= 15 is 0 Å². The second kappa shape index (κ2) is 5.04. The number of benzene rings is 1. The lowest BCUT2D eigenvalue weighted by Gasteiger charge is -2.16. The summed E-state index contributed by atoms with van der Waals surface area (Å²) >= 11 is 12.4.